The van der Waals surface area contributed by atoms with Gasteiger partial charge in [-0.15, -0.1) is 11.3 Å². The molecule has 1 aromatic carbocycles. The van der Waals surface area contributed by atoms with E-state index in [4.69, 9.17) is 11.6 Å². The molecule has 1 aromatic heterocycles. The fraction of sp³-hybridized carbons (Fsp3) is 0.389. The number of anilines is 1. The van der Waals surface area contributed by atoms with E-state index >= 15 is 0 Å². The van der Waals surface area contributed by atoms with Crippen LogP contribution in [0.4, 0.5) is 11.4 Å². The molecule has 0 unspecified atom stereocenters. The van der Waals surface area contributed by atoms with Crippen molar-refractivity contribution in [3.63, 3.8) is 0 Å². The molecule has 2 aromatic rings. The molecule has 0 saturated carbocycles. The summed E-state index contributed by atoms with van der Waals surface area (Å²) >= 11 is 7.57. The van der Waals surface area contributed by atoms with Crippen LogP contribution in [-0.2, 0) is 11.3 Å². The van der Waals surface area contributed by atoms with Crippen LogP contribution in [-0.4, -0.2) is 53.4 Å². The number of nitro groups is 1. The molecule has 0 bridgehead atoms. The van der Waals surface area contributed by atoms with E-state index in [2.05, 4.69) is 15.1 Å². The highest BCUT2D eigenvalue weighted by Gasteiger charge is 2.20. The van der Waals surface area contributed by atoms with Crippen LogP contribution < -0.4 is 5.32 Å². The van der Waals surface area contributed by atoms with E-state index in [9.17, 15) is 14.9 Å². The van der Waals surface area contributed by atoms with Crippen molar-refractivity contribution in [3.05, 3.63) is 55.2 Å². The minimum atomic E-state index is -0.439. The van der Waals surface area contributed by atoms with Crippen molar-refractivity contribution >= 4 is 40.2 Å². The molecule has 1 amide bonds. The molecule has 2 heterocycles. The Labute approximate surface area is 166 Å². The third-order valence-electron chi connectivity index (χ3n) is 4.62. The number of hydrogen-bond donors (Lipinski definition) is 1. The first-order valence-corrected chi connectivity index (χ1v) is 9.84. The summed E-state index contributed by atoms with van der Waals surface area (Å²) in [5, 5.41) is 13.8. The lowest BCUT2D eigenvalue weighted by Gasteiger charge is -2.34. The summed E-state index contributed by atoms with van der Waals surface area (Å²) in [7, 11) is 0. The van der Waals surface area contributed by atoms with Crippen molar-refractivity contribution in [2.24, 2.45) is 0 Å². The number of hydrogen-bond acceptors (Lipinski definition) is 6. The standard InChI is InChI=1S/C18H21ClN4O3S/c1-13-15(3-2-4-16(13)23(25)26)20-18(24)12-22-9-7-21(8-10-22)11-14-5-6-17(19)27-14/h2-6H,7-12H2,1H3,(H,20,24). The molecule has 0 spiro atoms. The Morgan fingerprint density at radius 1 is 1.22 bits per heavy atom. The molecule has 7 nitrogen and oxygen atoms in total. The van der Waals surface area contributed by atoms with Crippen molar-refractivity contribution in [1.29, 1.82) is 0 Å². The second kappa shape index (κ2) is 8.79. The molecule has 144 valence electrons. The summed E-state index contributed by atoms with van der Waals surface area (Å²) in [4.78, 5) is 28.6. The van der Waals surface area contributed by atoms with Gasteiger partial charge in [-0.3, -0.25) is 24.7 Å². The first-order chi connectivity index (χ1) is 12.9. The van der Waals surface area contributed by atoms with Gasteiger partial charge in [0.2, 0.25) is 5.91 Å². The molecule has 1 saturated heterocycles. The van der Waals surface area contributed by atoms with Crippen molar-refractivity contribution in [3.8, 4) is 0 Å². The van der Waals surface area contributed by atoms with Gasteiger partial charge in [-0.05, 0) is 25.1 Å². The summed E-state index contributed by atoms with van der Waals surface area (Å²) in [5.74, 6) is -0.155. The number of nitrogens with one attached hydrogen (secondary N) is 1. The number of carbonyl (C=O) groups is 1. The molecule has 0 radical (unpaired) electrons. The second-order valence-electron chi connectivity index (χ2n) is 6.51. The van der Waals surface area contributed by atoms with Gasteiger partial charge in [-0.25, -0.2) is 0 Å². The Hall–Kier alpha value is -2.00. The smallest absolute Gasteiger partial charge is 0.274 e. The molecule has 1 aliphatic heterocycles. The number of rotatable bonds is 6. The SMILES string of the molecule is Cc1c(NC(=O)CN2CCN(Cc3ccc(Cl)s3)CC2)cccc1[N+](=O)[O-]. The van der Waals surface area contributed by atoms with Crippen molar-refractivity contribution in [2.75, 3.05) is 38.0 Å². The minimum absolute atomic E-state index is 0.00935. The molecule has 0 aliphatic carbocycles. The van der Waals surface area contributed by atoms with Crippen molar-refractivity contribution in [1.82, 2.24) is 9.80 Å². The Balaban J connectivity index is 1.48. The van der Waals surface area contributed by atoms with E-state index in [1.807, 2.05) is 12.1 Å². The maximum absolute atomic E-state index is 12.3. The predicted octanol–water partition coefficient (Wildman–Crippen LogP) is 3.37. The molecular formula is C18H21ClN4O3S. The van der Waals surface area contributed by atoms with E-state index in [1.165, 1.54) is 10.9 Å². The van der Waals surface area contributed by atoms with Crippen LogP contribution in [0.1, 0.15) is 10.4 Å². The number of benzene rings is 1. The summed E-state index contributed by atoms with van der Waals surface area (Å²) < 4.78 is 0.803. The van der Waals surface area contributed by atoms with E-state index < -0.39 is 4.92 Å². The van der Waals surface area contributed by atoms with Crippen LogP contribution in [0.3, 0.4) is 0 Å². The van der Waals surface area contributed by atoms with Gasteiger partial charge >= 0.3 is 0 Å². The number of nitrogens with zero attached hydrogens (tertiary/aromatic N) is 3. The lowest BCUT2D eigenvalue weighted by atomic mass is 10.1. The zero-order chi connectivity index (χ0) is 19.4. The maximum atomic E-state index is 12.3. The summed E-state index contributed by atoms with van der Waals surface area (Å²) in [6.45, 7) is 6.19. The molecular weight excluding hydrogens is 388 g/mol. The summed E-state index contributed by atoms with van der Waals surface area (Å²) in [6, 6.07) is 8.66. The average molecular weight is 409 g/mol. The highest BCUT2D eigenvalue weighted by atomic mass is 35.5. The summed E-state index contributed by atoms with van der Waals surface area (Å²) in [6.07, 6.45) is 0. The Morgan fingerprint density at radius 2 is 1.93 bits per heavy atom. The molecule has 1 aliphatic rings. The van der Waals surface area contributed by atoms with Gasteiger partial charge in [0.05, 0.1) is 27.1 Å². The molecule has 0 atom stereocenters. The van der Waals surface area contributed by atoms with Gasteiger partial charge in [-0.2, -0.15) is 0 Å². The Kier molecular flexibility index (Phi) is 6.43. The third kappa shape index (κ3) is 5.26. The van der Waals surface area contributed by atoms with Crippen LogP contribution in [0.2, 0.25) is 4.34 Å². The summed E-state index contributed by atoms with van der Waals surface area (Å²) in [5.41, 5.74) is 0.966. The van der Waals surface area contributed by atoms with Gasteiger partial charge in [-0.1, -0.05) is 17.7 Å². The fourth-order valence-electron chi connectivity index (χ4n) is 3.11. The Bertz CT molecular complexity index is 834. The highest BCUT2D eigenvalue weighted by Crippen LogP contribution is 2.25. The number of nitro benzene ring substituents is 1. The van der Waals surface area contributed by atoms with Crippen LogP contribution in [0.5, 0.6) is 0 Å². The van der Waals surface area contributed by atoms with E-state index in [1.54, 1.807) is 30.4 Å². The molecule has 1 N–H and O–H groups in total. The van der Waals surface area contributed by atoms with Crippen LogP contribution in [0.25, 0.3) is 0 Å². The zero-order valence-corrected chi connectivity index (χ0v) is 16.6. The predicted molar refractivity (Wildman–Crippen MR) is 108 cm³/mol. The molecule has 9 heteroatoms. The lowest BCUT2D eigenvalue weighted by Crippen LogP contribution is -2.48. The van der Waals surface area contributed by atoms with Crippen LogP contribution in [0.15, 0.2) is 30.3 Å². The third-order valence-corrected chi connectivity index (χ3v) is 5.83. The number of halogens is 1. The van der Waals surface area contributed by atoms with E-state index in [0.29, 0.717) is 11.3 Å². The first-order valence-electron chi connectivity index (χ1n) is 8.65. The largest absolute Gasteiger partial charge is 0.324 e. The van der Waals surface area contributed by atoms with Gasteiger partial charge in [0, 0.05) is 43.7 Å². The minimum Gasteiger partial charge on any atom is -0.324 e. The highest BCUT2D eigenvalue weighted by molar-refractivity contribution is 7.16. The first kappa shape index (κ1) is 19.8. The number of amides is 1. The molecule has 3 rings (SSSR count). The average Bonchev–Trinajstić information content (AvgIpc) is 3.03. The van der Waals surface area contributed by atoms with Gasteiger partial charge in [0.1, 0.15) is 0 Å². The zero-order valence-electron chi connectivity index (χ0n) is 15.0. The Morgan fingerprint density at radius 3 is 2.56 bits per heavy atom. The van der Waals surface area contributed by atoms with Gasteiger partial charge in [0.15, 0.2) is 0 Å². The fourth-order valence-corrected chi connectivity index (χ4v) is 4.24. The topological polar surface area (TPSA) is 78.7 Å². The van der Waals surface area contributed by atoms with Crippen molar-refractivity contribution < 1.29 is 9.72 Å². The number of carbonyl (C=O) groups excluding carboxylic acids is 1. The monoisotopic (exact) mass is 408 g/mol. The van der Waals surface area contributed by atoms with E-state index in [0.717, 1.165) is 37.1 Å². The van der Waals surface area contributed by atoms with Crippen LogP contribution >= 0.6 is 22.9 Å². The van der Waals surface area contributed by atoms with Crippen molar-refractivity contribution in [2.45, 2.75) is 13.5 Å². The second-order valence-corrected chi connectivity index (χ2v) is 8.31. The molecule has 1 fully saturated rings. The lowest BCUT2D eigenvalue weighted by molar-refractivity contribution is -0.385. The van der Waals surface area contributed by atoms with Crippen LogP contribution in [0, 0.1) is 17.0 Å². The number of piperazine rings is 1. The normalized spacial score (nSPS) is 15.6. The number of thiophene rings is 1. The molecule has 27 heavy (non-hydrogen) atoms. The maximum Gasteiger partial charge on any atom is 0.274 e. The van der Waals surface area contributed by atoms with Gasteiger partial charge in [0.25, 0.3) is 5.69 Å². The van der Waals surface area contributed by atoms with Gasteiger partial charge < -0.3 is 5.32 Å². The quantitative estimate of drug-likeness (QED) is 0.585. The van der Waals surface area contributed by atoms with E-state index in [-0.39, 0.29) is 18.1 Å².